The monoisotopic (exact) mass is 348 g/mol. The Morgan fingerprint density at radius 3 is 2.52 bits per heavy atom. The van der Waals surface area contributed by atoms with Gasteiger partial charge in [-0.25, -0.2) is 8.42 Å². The van der Waals surface area contributed by atoms with Gasteiger partial charge in [-0.15, -0.1) is 0 Å². The van der Waals surface area contributed by atoms with Gasteiger partial charge in [-0.2, -0.15) is 4.31 Å². The molecule has 1 aliphatic heterocycles. The van der Waals surface area contributed by atoms with Crippen LogP contribution < -0.4 is 5.32 Å². The minimum atomic E-state index is -3.51. The molecule has 0 amide bonds. The van der Waals surface area contributed by atoms with Gasteiger partial charge in [-0.05, 0) is 50.4 Å². The average molecular weight is 349 g/mol. The second-order valence-electron chi connectivity index (χ2n) is 5.68. The fraction of sp³-hybridized carbons (Fsp3) is 0.571. The quantitative estimate of drug-likeness (QED) is 0.889. The van der Waals surface area contributed by atoms with E-state index in [-0.39, 0.29) is 22.0 Å². The summed E-state index contributed by atoms with van der Waals surface area (Å²) in [6.07, 6.45) is 4.01. The van der Waals surface area contributed by atoms with Gasteiger partial charge in [0.05, 0.1) is 14.9 Å². The van der Waals surface area contributed by atoms with Crippen molar-refractivity contribution in [2.75, 3.05) is 13.1 Å². The Kier molecular flexibility index (Phi) is 4.48. The van der Waals surface area contributed by atoms with Crippen LogP contribution in [0.5, 0.6) is 0 Å². The molecule has 1 atom stereocenters. The summed E-state index contributed by atoms with van der Waals surface area (Å²) in [4.78, 5) is 0.224. The Balaban J connectivity index is 1.87. The van der Waals surface area contributed by atoms with Crippen molar-refractivity contribution in [3.8, 4) is 0 Å². The lowest BCUT2D eigenvalue weighted by atomic mass is 10.2. The van der Waals surface area contributed by atoms with Crippen molar-refractivity contribution in [2.24, 2.45) is 0 Å². The Hall–Kier alpha value is -0.330. The van der Waals surface area contributed by atoms with Gasteiger partial charge in [0.1, 0.15) is 0 Å². The maximum atomic E-state index is 12.9. The molecule has 1 saturated carbocycles. The number of hydrogen-bond acceptors (Lipinski definition) is 3. The zero-order valence-electron chi connectivity index (χ0n) is 11.6. The highest BCUT2D eigenvalue weighted by Gasteiger charge is 2.39. The van der Waals surface area contributed by atoms with E-state index >= 15 is 0 Å². The minimum Gasteiger partial charge on any atom is -0.313 e. The van der Waals surface area contributed by atoms with Crippen LogP contribution in [0.1, 0.15) is 25.7 Å². The van der Waals surface area contributed by atoms with E-state index < -0.39 is 10.0 Å². The predicted molar refractivity (Wildman–Crippen MR) is 84.4 cm³/mol. The highest BCUT2D eigenvalue weighted by Crippen LogP contribution is 2.34. The third-order valence-electron chi connectivity index (χ3n) is 4.01. The van der Waals surface area contributed by atoms with Crippen LogP contribution in [0.4, 0.5) is 0 Å². The first-order chi connectivity index (χ1) is 9.98. The zero-order chi connectivity index (χ0) is 15.0. The van der Waals surface area contributed by atoms with Gasteiger partial charge in [0.25, 0.3) is 0 Å². The molecule has 1 aromatic carbocycles. The van der Waals surface area contributed by atoms with Crippen molar-refractivity contribution in [3.63, 3.8) is 0 Å². The van der Waals surface area contributed by atoms with Crippen LogP contribution in [-0.4, -0.2) is 37.9 Å². The molecule has 2 fully saturated rings. The van der Waals surface area contributed by atoms with Crippen molar-refractivity contribution in [3.05, 3.63) is 28.2 Å². The Labute approximate surface area is 135 Å². The van der Waals surface area contributed by atoms with Gasteiger partial charge in [-0.3, -0.25) is 0 Å². The molecule has 1 heterocycles. The van der Waals surface area contributed by atoms with Crippen molar-refractivity contribution in [1.82, 2.24) is 9.62 Å². The topological polar surface area (TPSA) is 49.4 Å². The van der Waals surface area contributed by atoms with Crippen LogP contribution in [0, 0.1) is 0 Å². The van der Waals surface area contributed by atoms with E-state index in [1.165, 1.54) is 18.2 Å². The standard InChI is InChI=1S/C14H18Cl2N2O2S/c15-13-6-5-12(8-14(13)16)21(19,20)18(11-3-4-11)9-10-2-1-7-17-10/h5-6,8,10-11,17H,1-4,7,9H2. The van der Waals surface area contributed by atoms with Gasteiger partial charge >= 0.3 is 0 Å². The SMILES string of the molecule is O=S(=O)(c1ccc(Cl)c(Cl)c1)N(CC1CCCN1)C1CC1. The molecule has 0 bridgehead atoms. The van der Waals surface area contributed by atoms with Crippen molar-refractivity contribution in [2.45, 2.75) is 42.7 Å². The lowest BCUT2D eigenvalue weighted by Crippen LogP contribution is -2.42. The molecule has 0 aromatic heterocycles. The molecule has 0 spiro atoms. The highest BCUT2D eigenvalue weighted by atomic mass is 35.5. The summed E-state index contributed by atoms with van der Waals surface area (Å²) in [6, 6.07) is 4.89. The normalized spacial score (nSPS) is 22.9. The van der Waals surface area contributed by atoms with Crippen molar-refractivity contribution in [1.29, 1.82) is 0 Å². The number of hydrogen-bond donors (Lipinski definition) is 1. The molecule has 1 unspecified atom stereocenters. The molecule has 3 rings (SSSR count). The van der Waals surface area contributed by atoms with Crippen molar-refractivity contribution < 1.29 is 8.42 Å². The van der Waals surface area contributed by atoms with Crippen LogP contribution >= 0.6 is 23.2 Å². The summed E-state index contributed by atoms with van der Waals surface area (Å²) < 4.78 is 27.4. The van der Waals surface area contributed by atoms with E-state index in [0.29, 0.717) is 11.6 Å². The smallest absolute Gasteiger partial charge is 0.243 e. The Bertz CT molecular complexity index is 626. The largest absolute Gasteiger partial charge is 0.313 e. The third kappa shape index (κ3) is 3.37. The molecule has 2 aliphatic rings. The van der Waals surface area contributed by atoms with Gasteiger partial charge in [0.2, 0.25) is 10.0 Å². The van der Waals surface area contributed by atoms with E-state index in [4.69, 9.17) is 23.2 Å². The highest BCUT2D eigenvalue weighted by molar-refractivity contribution is 7.89. The lowest BCUT2D eigenvalue weighted by Gasteiger charge is -2.25. The first kappa shape index (κ1) is 15.6. The maximum absolute atomic E-state index is 12.9. The Morgan fingerprint density at radius 2 is 1.95 bits per heavy atom. The van der Waals surface area contributed by atoms with Gasteiger partial charge in [-0.1, -0.05) is 23.2 Å². The van der Waals surface area contributed by atoms with Crippen LogP contribution in [0.3, 0.4) is 0 Å². The molecule has 1 aromatic rings. The summed E-state index contributed by atoms with van der Waals surface area (Å²) in [5.41, 5.74) is 0. The molecule has 21 heavy (non-hydrogen) atoms. The van der Waals surface area contributed by atoms with Gasteiger partial charge in [0.15, 0.2) is 0 Å². The van der Waals surface area contributed by atoms with Gasteiger partial charge in [0, 0.05) is 18.6 Å². The summed E-state index contributed by atoms with van der Waals surface area (Å²) >= 11 is 11.8. The van der Waals surface area contributed by atoms with Crippen LogP contribution in [0.15, 0.2) is 23.1 Å². The van der Waals surface area contributed by atoms with E-state index in [9.17, 15) is 8.42 Å². The molecular formula is C14H18Cl2N2O2S. The summed E-state index contributed by atoms with van der Waals surface area (Å²) in [5.74, 6) is 0. The van der Waals surface area contributed by atoms with Crippen LogP contribution in [-0.2, 0) is 10.0 Å². The van der Waals surface area contributed by atoms with E-state index in [1.807, 2.05) is 0 Å². The van der Waals surface area contributed by atoms with Gasteiger partial charge < -0.3 is 5.32 Å². The minimum absolute atomic E-state index is 0.131. The molecule has 7 heteroatoms. The second kappa shape index (κ2) is 6.05. The van der Waals surface area contributed by atoms with E-state index in [0.717, 1.165) is 32.2 Å². The summed E-state index contributed by atoms with van der Waals surface area (Å²) in [6.45, 7) is 1.50. The number of rotatable bonds is 5. The Morgan fingerprint density at radius 1 is 1.19 bits per heavy atom. The third-order valence-corrected chi connectivity index (χ3v) is 6.67. The molecule has 0 radical (unpaired) electrons. The fourth-order valence-corrected chi connectivity index (χ4v) is 4.83. The maximum Gasteiger partial charge on any atom is 0.243 e. The summed E-state index contributed by atoms with van der Waals surface area (Å²) in [7, 11) is -3.51. The lowest BCUT2D eigenvalue weighted by molar-refractivity contribution is 0.363. The second-order valence-corrected chi connectivity index (χ2v) is 8.38. The number of benzene rings is 1. The molecule has 1 N–H and O–H groups in total. The number of halogens is 2. The number of sulfonamides is 1. The summed E-state index contributed by atoms with van der Waals surface area (Å²) in [5, 5.41) is 4.00. The van der Waals surface area contributed by atoms with Crippen LogP contribution in [0.25, 0.3) is 0 Å². The molecule has 1 saturated heterocycles. The van der Waals surface area contributed by atoms with E-state index in [2.05, 4.69) is 5.32 Å². The molecule has 116 valence electrons. The molecule has 1 aliphatic carbocycles. The number of nitrogens with zero attached hydrogens (tertiary/aromatic N) is 1. The van der Waals surface area contributed by atoms with E-state index in [1.54, 1.807) is 4.31 Å². The molecule has 4 nitrogen and oxygen atoms in total. The molecular weight excluding hydrogens is 331 g/mol. The van der Waals surface area contributed by atoms with Crippen molar-refractivity contribution >= 4 is 33.2 Å². The average Bonchev–Trinajstić information content (AvgIpc) is 3.15. The zero-order valence-corrected chi connectivity index (χ0v) is 13.9. The number of nitrogens with one attached hydrogen (secondary N) is 1. The first-order valence-corrected chi connectivity index (χ1v) is 9.38. The van der Waals surface area contributed by atoms with Crippen LogP contribution in [0.2, 0.25) is 10.0 Å². The predicted octanol–water partition coefficient (Wildman–Crippen LogP) is 2.90. The fourth-order valence-electron chi connectivity index (χ4n) is 2.71. The first-order valence-electron chi connectivity index (χ1n) is 7.19.